The van der Waals surface area contributed by atoms with Crippen molar-refractivity contribution in [1.82, 2.24) is 24.6 Å². The number of pyridine rings is 2. The summed E-state index contributed by atoms with van der Waals surface area (Å²) in [5, 5.41) is 14.0. The molecule has 0 radical (unpaired) electrons. The van der Waals surface area contributed by atoms with Gasteiger partial charge in [-0.2, -0.15) is 18.3 Å². The van der Waals surface area contributed by atoms with Crippen molar-refractivity contribution < 1.29 is 37.0 Å². The molecule has 13 nitrogen and oxygen atoms in total. The number of ether oxygens (including phenoxy) is 3. The van der Waals surface area contributed by atoms with E-state index >= 15 is 0 Å². The highest BCUT2D eigenvalue weighted by atomic mass is 19.4. The third kappa shape index (κ3) is 9.44. The summed E-state index contributed by atoms with van der Waals surface area (Å²) in [7, 11) is 1.61. The molecule has 1 atom stereocenters. The molecule has 1 aliphatic heterocycles. The van der Waals surface area contributed by atoms with Crippen molar-refractivity contribution in [1.29, 1.82) is 0 Å². The second-order valence-corrected chi connectivity index (χ2v) is 13.4. The first kappa shape index (κ1) is 36.7. The Morgan fingerprint density at radius 1 is 0.925 bits per heavy atom. The fraction of sp³-hybridized carbons (Fsp3) is 0.324. The molecule has 0 spiro atoms. The number of carbonyl (C=O) groups excluding carboxylic acids is 2. The van der Waals surface area contributed by atoms with Crippen LogP contribution in [0.25, 0.3) is 11.0 Å². The number of nitrogens with zero attached hydrogens (tertiary/aromatic N) is 5. The first-order valence-electron chi connectivity index (χ1n) is 16.9. The van der Waals surface area contributed by atoms with Crippen LogP contribution in [0.2, 0.25) is 0 Å². The van der Waals surface area contributed by atoms with Crippen LogP contribution >= 0.6 is 0 Å². The van der Waals surface area contributed by atoms with E-state index in [2.05, 4.69) is 25.9 Å². The van der Waals surface area contributed by atoms with Gasteiger partial charge in [-0.3, -0.25) is 5.32 Å². The lowest BCUT2D eigenvalue weighted by Crippen LogP contribution is -2.47. The number of aromatic nitrogens is 4. The molecule has 278 valence electrons. The largest absolute Gasteiger partial charge is 0.497 e. The maximum atomic E-state index is 13.1. The Balaban J connectivity index is 1.22. The van der Waals surface area contributed by atoms with Crippen LogP contribution in [0, 0.1) is 0 Å². The first-order chi connectivity index (χ1) is 25.2. The van der Waals surface area contributed by atoms with Crippen molar-refractivity contribution in [3.05, 3.63) is 90.3 Å². The number of piperidine rings is 1. The number of carbonyl (C=O) groups is 2. The average molecular weight is 733 g/mol. The molecule has 3 N–H and O–H groups in total. The highest BCUT2D eigenvalue weighted by Crippen LogP contribution is 2.36. The van der Waals surface area contributed by atoms with E-state index in [-0.39, 0.29) is 18.0 Å². The molecule has 4 heterocycles. The number of fused-ring (bicyclic) bond motifs is 1. The maximum Gasteiger partial charge on any atom is 0.416 e. The predicted octanol–water partition coefficient (Wildman–Crippen LogP) is 8.15. The van der Waals surface area contributed by atoms with Crippen LogP contribution in [0.15, 0.2) is 79.1 Å². The lowest BCUT2D eigenvalue weighted by molar-refractivity contribution is -0.137. The van der Waals surface area contributed by atoms with Gasteiger partial charge in [0.25, 0.3) is 0 Å². The second-order valence-electron chi connectivity index (χ2n) is 13.4. The first-order valence-corrected chi connectivity index (χ1v) is 16.9. The molecule has 2 aromatic carbocycles. The Morgan fingerprint density at radius 3 is 2.34 bits per heavy atom. The summed E-state index contributed by atoms with van der Waals surface area (Å²) in [6.45, 7) is 6.93. The topological polar surface area (TPSA) is 145 Å². The quantitative estimate of drug-likeness (QED) is 0.137. The monoisotopic (exact) mass is 732 g/mol. The van der Waals surface area contributed by atoms with Crippen molar-refractivity contribution in [2.75, 3.05) is 36.1 Å². The molecule has 1 fully saturated rings. The molecule has 0 bridgehead atoms. The van der Waals surface area contributed by atoms with E-state index < -0.39 is 23.4 Å². The van der Waals surface area contributed by atoms with Crippen molar-refractivity contribution in [2.24, 2.45) is 0 Å². The summed E-state index contributed by atoms with van der Waals surface area (Å²) < 4.78 is 58.2. The Labute approximate surface area is 303 Å². The van der Waals surface area contributed by atoms with Gasteiger partial charge in [-0.05, 0) is 87.7 Å². The third-order valence-electron chi connectivity index (χ3n) is 8.17. The minimum Gasteiger partial charge on any atom is -0.497 e. The second kappa shape index (κ2) is 15.3. The summed E-state index contributed by atoms with van der Waals surface area (Å²) in [6, 6.07) is 16.5. The molecule has 1 aliphatic rings. The van der Waals surface area contributed by atoms with Crippen LogP contribution in [0.4, 0.5) is 40.1 Å². The average Bonchev–Trinajstić information content (AvgIpc) is 3.45. The SMILES string of the molecule is COc1ccc(Cn2nc(N[C@@H]3CCCN(C(=O)OC(C)(C)C)C3)c3c(Oc4ccc(NC(=O)Nc5cc(C(F)(F)F)ccn5)cc4)ccnc32)cc1. The fourth-order valence-corrected chi connectivity index (χ4v) is 5.74. The van der Waals surface area contributed by atoms with E-state index in [0.717, 1.165) is 42.5 Å². The molecule has 5 aromatic rings. The van der Waals surface area contributed by atoms with Gasteiger partial charge in [0.15, 0.2) is 11.5 Å². The van der Waals surface area contributed by atoms with Crippen molar-refractivity contribution in [3.63, 3.8) is 0 Å². The zero-order valence-electron chi connectivity index (χ0n) is 29.5. The van der Waals surface area contributed by atoms with Gasteiger partial charge in [0.1, 0.15) is 34.1 Å². The lowest BCUT2D eigenvalue weighted by Gasteiger charge is -2.34. The van der Waals surface area contributed by atoms with Gasteiger partial charge in [0.05, 0.1) is 19.2 Å². The summed E-state index contributed by atoms with van der Waals surface area (Å²) in [6.07, 6.45) is -0.769. The smallest absolute Gasteiger partial charge is 0.416 e. The molecule has 53 heavy (non-hydrogen) atoms. The van der Waals surface area contributed by atoms with Crippen LogP contribution in [-0.4, -0.2) is 68.6 Å². The molecule has 0 saturated carbocycles. The number of benzene rings is 2. The molecular weight excluding hydrogens is 693 g/mol. The van der Waals surface area contributed by atoms with E-state index in [1.165, 1.54) is 0 Å². The molecule has 0 unspecified atom stereocenters. The van der Waals surface area contributed by atoms with E-state index in [9.17, 15) is 22.8 Å². The number of hydrogen-bond acceptors (Lipinski definition) is 9. The summed E-state index contributed by atoms with van der Waals surface area (Å²) >= 11 is 0. The molecule has 3 aromatic heterocycles. The number of nitrogens with one attached hydrogen (secondary N) is 3. The summed E-state index contributed by atoms with van der Waals surface area (Å²) in [5.41, 5.74) is 0.360. The highest BCUT2D eigenvalue weighted by molar-refractivity contribution is 5.99. The third-order valence-corrected chi connectivity index (χ3v) is 8.17. The van der Waals surface area contributed by atoms with Gasteiger partial charge >= 0.3 is 18.3 Å². The maximum absolute atomic E-state index is 13.1. The molecule has 6 rings (SSSR count). The number of hydrogen-bond donors (Lipinski definition) is 3. The Morgan fingerprint density at radius 2 is 1.64 bits per heavy atom. The van der Waals surface area contributed by atoms with Crippen molar-refractivity contribution >= 4 is 40.5 Å². The number of anilines is 3. The predicted molar refractivity (Wildman–Crippen MR) is 192 cm³/mol. The zero-order chi connectivity index (χ0) is 37.8. The number of amides is 3. The van der Waals surface area contributed by atoms with Gasteiger partial charge in [0.2, 0.25) is 0 Å². The normalized spacial score (nSPS) is 14.8. The number of urea groups is 1. The molecule has 1 saturated heterocycles. The minimum absolute atomic E-state index is 0.125. The van der Waals surface area contributed by atoms with Gasteiger partial charge in [-0.15, -0.1) is 0 Å². The number of alkyl halides is 3. The van der Waals surface area contributed by atoms with Gasteiger partial charge in [0, 0.05) is 43.3 Å². The number of halogens is 3. The Kier molecular flexibility index (Phi) is 10.6. The molecule has 16 heteroatoms. The van der Waals surface area contributed by atoms with Gasteiger partial charge in [-0.1, -0.05) is 12.1 Å². The highest BCUT2D eigenvalue weighted by Gasteiger charge is 2.31. The van der Waals surface area contributed by atoms with Crippen LogP contribution in [0.5, 0.6) is 17.2 Å². The van der Waals surface area contributed by atoms with Crippen LogP contribution in [-0.2, 0) is 17.5 Å². The van der Waals surface area contributed by atoms with Gasteiger partial charge < -0.3 is 29.7 Å². The number of rotatable bonds is 9. The van der Waals surface area contributed by atoms with Crippen molar-refractivity contribution in [3.8, 4) is 17.2 Å². The standard InChI is InChI=1S/C37H39F3N8O5/c1-36(2,3)53-35(50)47-19-5-6-26(22-47)43-32-31-29(16-18-42-33(31)48(46-32)21-23-7-11-27(51-4)12-8-23)52-28-13-9-25(10-14-28)44-34(49)45-30-20-24(15-17-41-30)37(38,39)40/h7-18,20,26H,5-6,19,21-22H2,1-4H3,(H,43,46)(H2,41,44,45,49)/t26-/m1/s1. The van der Waals surface area contributed by atoms with Crippen LogP contribution in [0.1, 0.15) is 44.7 Å². The minimum atomic E-state index is -4.57. The Hall–Kier alpha value is -6.06. The summed E-state index contributed by atoms with van der Waals surface area (Å²) in [4.78, 5) is 35.6. The molecule has 0 aliphatic carbocycles. The van der Waals surface area contributed by atoms with Crippen LogP contribution in [0.3, 0.4) is 0 Å². The lowest BCUT2D eigenvalue weighted by atomic mass is 10.1. The number of methoxy groups -OCH3 is 1. The fourth-order valence-electron chi connectivity index (χ4n) is 5.74. The van der Waals surface area contributed by atoms with E-state index in [0.29, 0.717) is 53.7 Å². The van der Waals surface area contributed by atoms with E-state index in [1.54, 1.807) is 53.2 Å². The van der Waals surface area contributed by atoms with Crippen LogP contribution < -0.4 is 25.4 Å². The number of likely N-dealkylation sites (tertiary alicyclic amines) is 1. The molecular formula is C37H39F3N8O5. The van der Waals surface area contributed by atoms with E-state index in [1.807, 2.05) is 45.0 Å². The van der Waals surface area contributed by atoms with E-state index in [4.69, 9.17) is 19.3 Å². The summed E-state index contributed by atoms with van der Waals surface area (Å²) in [5.74, 6) is 1.92. The Bertz CT molecular complexity index is 2060. The van der Waals surface area contributed by atoms with Gasteiger partial charge in [-0.25, -0.2) is 24.2 Å². The zero-order valence-corrected chi connectivity index (χ0v) is 29.5. The van der Waals surface area contributed by atoms with Crippen molar-refractivity contribution in [2.45, 2.75) is 58.0 Å². The molecule has 3 amide bonds.